The number of nitrogens with zero attached hydrogens (tertiary/aromatic N) is 4. The van der Waals surface area contributed by atoms with Gasteiger partial charge in [-0.15, -0.1) is 0 Å². The Kier molecular flexibility index (Phi) is 4.09. The number of rotatable bonds is 5. The molecule has 0 radical (unpaired) electrons. The van der Waals surface area contributed by atoms with Crippen molar-refractivity contribution in [3.8, 4) is 0 Å². The molecule has 2 aromatic rings. The van der Waals surface area contributed by atoms with Crippen LogP contribution in [0.1, 0.15) is 11.1 Å². The van der Waals surface area contributed by atoms with Crippen LogP contribution in [0.2, 0.25) is 0 Å². The fraction of sp³-hybridized carbons (Fsp3) is 0.308. The average Bonchev–Trinajstić information content (AvgIpc) is 2.74. The fourth-order valence-corrected chi connectivity index (χ4v) is 2.03. The van der Waals surface area contributed by atoms with E-state index in [1.54, 1.807) is 16.9 Å². The summed E-state index contributed by atoms with van der Waals surface area (Å²) in [5.41, 5.74) is 1.25. The molecule has 0 aliphatic heterocycles. The summed E-state index contributed by atoms with van der Waals surface area (Å²) in [6, 6.07) is 3.97. The second-order valence-corrected chi connectivity index (χ2v) is 4.74. The molecule has 1 aromatic heterocycles. The molecule has 1 heterocycles. The van der Waals surface area contributed by atoms with Crippen LogP contribution in [0.25, 0.3) is 0 Å². The van der Waals surface area contributed by atoms with Crippen molar-refractivity contribution in [3.05, 3.63) is 57.7 Å². The average molecular weight is 278 g/mol. The molecule has 0 aliphatic rings. The highest BCUT2D eigenvalue weighted by Crippen LogP contribution is 2.19. The molecule has 7 heteroatoms. The highest BCUT2D eigenvalue weighted by Gasteiger charge is 2.14. The number of hydrogen-bond donors (Lipinski definition) is 0. The number of aryl methyl sites for hydroxylation is 1. The minimum Gasteiger partial charge on any atom is -0.298 e. The van der Waals surface area contributed by atoms with Gasteiger partial charge in [-0.3, -0.25) is 19.7 Å². The van der Waals surface area contributed by atoms with E-state index in [0.717, 1.165) is 5.56 Å². The van der Waals surface area contributed by atoms with Gasteiger partial charge in [-0.1, -0.05) is 6.07 Å². The molecule has 0 amide bonds. The molecule has 0 saturated heterocycles. The van der Waals surface area contributed by atoms with Crippen LogP contribution in [0, 0.1) is 15.9 Å². The van der Waals surface area contributed by atoms with Gasteiger partial charge in [0.2, 0.25) is 5.82 Å². The number of hydrogen-bond acceptors (Lipinski definition) is 4. The highest BCUT2D eigenvalue weighted by molar-refractivity contribution is 5.34. The van der Waals surface area contributed by atoms with Crippen LogP contribution >= 0.6 is 0 Å². The Hall–Kier alpha value is -2.28. The van der Waals surface area contributed by atoms with Gasteiger partial charge < -0.3 is 0 Å². The third-order valence-corrected chi connectivity index (χ3v) is 2.87. The largest absolute Gasteiger partial charge is 0.304 e. The molecule has 20 heavy (non-hydrogen) atoms. The normalized spacial score (nSPS) is 11.0. The first kappa shape index (κ1) is 14.1. The van der Waals surface area contributed by atoms with Crippen molar-refractivity contribution < 1.29 is 9.31 Å². The predicted molar refractivity (Wildman–Crippen MR) is 71.4 cm³/mol. The first-order valence-electron chi connectivity index (χ1n) is 6.04. The van der Waals surface area contributed by atoms with Crippen molar-refractivity contribution in [1.82, 2.24) is 14.7 Å². The maximum Gasteiger partial charge on any atom is 0.304 e. The first-order chi connectivity index (χ1) is 9.45. The van der Waals surface area contributed by atoms with Crippen LogP contribution in [0.4, 0.5) is 10.1 Å². The van der Waals surface area contributed by atoms with E-state index in [9.17, 15) is 14.5 Å². The Bertz CT molecular complexity index is 627. The van der Waals surface area contributed by atoms with Crippen LogP contribution in [-0.2, 0) is 20.1 Å². The Morgan fingerprint density at radius 2 is 2.10 bits per heavy atom. The Balaban J connectivity index is 2.02. The van der Waals surface area contributed by atoms with E-state index in [-0.39, 0.29) is 0 Å². The summed E-state index contributed by atoms with van der Waals surface area (Å²) in [5.74, 6) is -0.803. The zero-order valence-electron chi connectivity index (χ0n) is 11.3. The monoisotopic (exact) mass is 278 g/mol. The van der Waals surface area contributed by atoms with Crippen LogP contribution in [0.3, 0.4) is 0 Å². The standard InChI is InChI=1S/C13H15FN4O2/c1-16(8-11-6-15-17(2)9-11)7-10-3-4-13(18(19)20)12(14)5-10/h3-6,9H,7-8H2,1-2H3. The summed E-state index contributed by atoms with van der Waals surface area (Å²) in [6.07, 6.45) is 3.68. The summed E-state index contributed by atoms with van der Waals surface area (Å²) >= 11 is 0. The Labute approximate surface area is 115 Å². The van der Waals surface area contributed by atoms with E-state index in [1.165, 1.54) is 12.1 Å². The topological polar surface area (TPSA) is 64.2 Å². The SMILES string of the molecule is CN(Cc1ccc([N+](=O)[O-])c(F)c1)Cc1cnn(C)c1. The molecule has 0 N–H and O–H groups in total. The van der Waals surface area contributed by atoms with Gasteiger partial charge in [0.25, 0.3) is 0 Å². The van der Waals surface area contributed by atoms with Crippen molar-refractivity contribution >= 4 is 5.69 Å². The predicted octanol–water partition coefficient (Wildman–Crippen LogP) is 2.10. The summed E-state index contributed by atoms with van der Waals surface area (Å²) in [6.45, 7) is 1.18. The molecule has 0 spiro atoms. The van der Waals surface area contributed by atoms with Gasteiger partial charge in [-0.25, -0.2) is 0 Å². The van der Waals surface area contributed by atoms with Gasteiger partial charge >= 0.3 is 5.69 Å². The molecule has 6 nitrogen and oxygen atoms in total. The van der Waals surface area contributed by atoms with Crippen LogP contribution < -0.4 is 0 Å². The van der Waals surface area contributed by atoms with E-state index in [1.807, 2.05) is 25.2 Å². The lowest BCUT2D eigenvalue weighted by molar-refractivity contribution is -0.387. The maximum absolute atomic E-state index is 13.5. The minimum atomic E-state index is -0.803. The van der Waals surface area contributed by atoms with E-state index in [0.29, 0.717) is 18.7 Å². The first-order valence-corrected chi connectivity index (χ1v) is 6.04. The molecule has 0 bridgehead atoms. The minimum absolute atomic E-state index is 0.497. The number of halogens is 1. The van der Waals surface area contributed by atoms with Crippen LogP contribution in [-0.4, -0.2) is 26.7 Å². The lowest BCUT2D eigenvalue weighted by Gasteiger charge is -2.15. The lowest BCUT2D eigenvalue weighted by Crippen LogP contribution is -2.17. The number of nitro benzene ring substituents is 1. The van der Waals surface area contributed by atoms with Crippen molar-refractivity contribution in [3.63, 3.8) is 0 Å². The van der Waals surface area contributed by atoms with Gasteiger partial charge in [0.05, 0.1) is 11.1 Å². The molecule has 0 unspecified atom stereocenters. The lowest BCUT2D eigenvalue weighted by atomic mass is 10.2. The highest BCUT2D eigenvalue weighted by atomic mass is 19.1. The molecular weight excluding hydrogens is 263 g/mol. The smallest absolute Gasteiger partial charge is 0.298 e. The third kappa shape index (κ3) is 3.39. The van der Waals surface area contributed by atoms with E-state index in [2.05, 4.69) is 5.10 Å². The van der Waals surface area contributed by atoms with Crippen molar-refractivity contribution in [2.75, 3.05) is 7.05 Å². The van der Waals surface area contributed by atoms with Crippen molar-refractivity contribution in [1.29, 1.82) is 0 Å². The molecule has 0 saturated carbocycles. The molecule has 0 atom stereocenters. The number of benzene rings is 1. The second-order valence-electron chi connectivity index (χ2n) is 4.74. The third-order valence-electron chi connectivity index (χ3n) is 2.87. The van der Waals surface area contributed by atoms with Gasteiger partial charge in [0.1, 0.15) is 0 Å². The zero-order valence-corrected chi connectivity index (χ0v) is 11.3. The summed E-state index contributed by atoms with van der Waals surface area (Å²) in [4.78, 5) is 11.8. The second kappa shape index (κ2) is 5.79. The zero-order chi connectivity index (χ0) is 14.7. The molecule has 1 aromatic carbocycles. The Morgan fingerprint density at radius 3 is 2.65 bits per heavy atom. The summed E-state index contributed by atoms with van der Waals surface area (Å²) in [7, 11) is 3.74. The summed E-state index contributed by atoms with van der Waals surface area (Å²) in [5, 5.41) is 14.6. The maximum atomic E-state index is 13.5. The van der Waals surface area contributed by atoms with Crippen molar-refractivity contribution in [2.45, 2.75) is 13.1 Å². The van der Waals surface area contributed by atoms with Crippen LogP contribution in [0.5, 0.6) is 0 Å². The van der Waals surface area contributed by atoms with Gasteiger partial charge in [0.15, 0.2) is 0 Å². The molecule has 2 rings (SSSR count). The van der Waals surface area contributed by atoms with Gasteiger partial charge in [-0.2, -0.15) is 9.49 Å². The molecule has 0 aliphatic carbocycles. The van der Waals surface area contributed by atoms with E-state index < -0.39 is 16.4 Å². The van der Waals surface area contributed by atoms with E-state index >= 15 is 0 Å². The molecule has 0 fully saturated rings. The fourth-order valence-electron chi connectivity index (χ4n) is 2.03. The van der Waals surface area contributed by atoms with Crippen LogP contribution in [0.15, 0.2) is 30.6 Å². The van der Waals surface area contributed by atoms with Crippen molar-refractivity contribution in [2.24, 2.45) is 7.05 Å². The quantitative estimate of drug-likeness (QED) is 0.620. The number of nitro groups is 1. The van der Waals surface area contributed by atoms with Gasteiger partial charge in [0, 0.05) is 38.0 Å². The number of aromatic nitrogens is 2. The molecular formula is C13H15FN4O2. The Morgan fingerprint density at radius 1 is 1.40 bits per heavy atom. The van der Waals surface area contributed by atoms with Gasteiger partial charge in [-0.05, 0) is 18.7 Å². The molecule has 106 valence electrons. The summed E-state index contributed by atoms with van der Waals surface area (Å²) < 4.78 is 15.2. The van der Waals surface area contributed by atoms with E-state index in [4.69, 9.17) is 0 Å².